The summed E-state index contributed by atoms with van der Waals surface area (Å²) in [7, 11) is 0. The van der Waals surface area contributed by atoms with Crippen LogP contribution in [-0.4, -0.2) is 101 Å². The van der Waals surface area contributed by atoms with Crippen molar-refractivity contribution in [3.63, 3.8) is 0 Å². The number of rotatable bonds is 23. The average molecular weight is 637 g/mol. The van der Waals surface area contributed by atoms with Gasteiger partial charge in [0.2, 0.25) is 0 Å². The molecule has 15 nitrogen and oxygen atoms in total. The molecule has 0 radical (unpaired) electrons. The summed E-state index contributed by atoms with van der Waals surface area (Å²) in [4.78, 5) is 84.0. The number of hydrogen-bond acceptors (Lipinski definition) is 15. The number of esters is 7. The first-order chi connectivity index (χ1) is 21.3. The zero-order valence-electron chi connectivity index (χ0n) is 24.7. The predicted molar refractivity (Wildman–Crippen MR) is 154 cm³/mol. The second-order valence-electron chi connectivity index (χ2n) is 9.02. The van der Waals surface area contributed by atoms with Crippen molar-refractivity contribution in [1.29, 1.82) is 0 Å². The highest BCUT2D eigenvalue weighted by molar-refractivity contribution is 6.29. The highest BCUT2D eigenvalue weighted by atomic mass is 16.6. The van der Waals surface area contributed by atoms with E-state index in [-0.39, 0.29) is 13.2 Å². The number of hydrogen-bond donors (Lipinski definition) is 0. The third-order valence-corrected chi connectivity index (χ3v) is 5.27. The fourth-order valence-electron chi connectivity index (χ4n) is 2.83. The van der Waals surface area contributed by atoms with Crippen LogP contribution in [0.1, 0.15) is 0 Å². The van der Waals surface area contributed by atoms with E-state index in [2.05, 4.69) is 39.5 Å². The molecule has 0 spiro atoms. The Morgan fingerprint density at radius 3 is 0.889 bits per heavy atom. The molecule has 45 heavy (non-hydrogen) atoms. The summed E-state index contributed by atoms with van der Waals surface area (Å²) in [6.45, 7) is 15.1. The first-order valence-corrected chi connectivity index (χ1v) is 12.8. The van der Waals surface area contributed by atoms with Gasteiger partial charge in [-0.3, -0.25) is 0 Å². The highest BCUT2D eigenvalue weighted by Gasteiger charge is 2.40. The Bertz CT molecular complexity index is 1070. The van der Waals surface area contributed by atoms with Gasteiger partial charge in [-0.05, 0) is 0 Å². The molecule has 246 valence electrons. The van der Waals surface area contributed by atoms with Crippen LogP contribution in [0, 0.1) is 10.8 Å². The van der Waals surface area contributed by atoms with Crippen LogP contribution in [0.25, 0.3) is 0 Å². The average Bonchev–Trinajstić information content (AvgIpc) is 3.06. The Labute approximate surface area is 259 Å². The summed E-state index contributed by atoms with van der Waals surface area (Å²) in [6.07, 6.45) is 5.60. The van der Waals surface area contributed by atoms with Gasteiger partial charge in [0.25, 0.3) is 0 Å². The van der Waals surface area contributed by atoms with Crippen molar-refractivity contribution in [3.05, 3.63) is 75.9 Å². The standard InChI is InChI=1S/C30H36O15/c1-7-13-38-14-29(15-39-22(31)8-2,16-40-23(32)9-3)20-44-27(36)28(37)45-21-30(17-41-24(33)10-4,18-42-25(34)11-5)19-43-26(35)12-6/h7-12H,1-6,13-21H2. The van der Waals surface area contributed by atoms with Gasteiger partial charge in [0, 0.05) is 30.4 Å². The molecule has 0 rings (SSSR count). The Hall–Kier alpha value is -5.31. The van der Waals surface area contributed by atoms with Crippen LogP contribution < -0.4 is 0 Å². The first kappa shape index (κ1) is 39.7. The third kappa shape index (κ3) is 16.2. The number of ether oxygens (including phenoxy) is 8. The smallest absolute Gasteiger partial charge is 0.417 e. The molecule has 0 aromatic rings. The Balaban J connectivity index is 6.00. The molecule has 0 unspecified atom stereocenters. The summed E-state index contributed by atoms with van der Waals surface area (Å²) < 4.78 is 40.8. The minimum atomic E-state index is -1.72. The lowest BCUT2D eigenvalue weighted by Crippen LogP contribution is -2.45. The molecule has 0 amide bonds. The van der Waals surface area contributed by atoms with Crippen LogP contribution in [-0.2, 0) is 71.5 Å². The van der Waals surface area contributed by atoms with E-state index in [0.29, 0.717) is 0 Å². The van der Waals surface area contributed by atoms with Crippen LogP contribution in [0.2, 0.25) is 0 Å². The fourth-order valence-corrected chi connectivity index (χ4v) is 2.83. The Morgan fingerprint density at radius 1 is 0.400 bits per heavy atom. The van der Waals surface area contributed by atoms with E-state index in [1.807, 2.05) is 0 Å². The Kier molecular flexibility index (Phi) is 18.9. The SMILES string of the molecule is C=CCOCC(COC(=O)C=C)(COC(=O)C=C)COC(=O)C(=O)OCC(COC(=O)C=C)(COC(=O)C=C)COC(=O)C=C. The van der Waals surface area contributed by atoms with Crippen molar-refractivity contribution in [3.8, 4) is 0 Å². The van der Waals surface area contributed by atoms with Gasteiger partial charge >= 0.3 is 41.8 Å². The van der Waals surface area contributed by atoms with Gasteiger partial charge in [0.1, 0.15) is 51.7 Å². The monoisotopic (exact) mass is 636 g/mol. The molecule has 0 aromatic heterocycles. The van der Waals surface area contributed by atoms with Crippen LogP contribution in [0.15, 0.2) is 75.9 Å². The summed E-state index contributed by atoms with van der Waals surface area (Å²) in [5.74, 6) is -7.60. The molecular weight excluding hydrogens is 600 g/mol. The van der Waals surface area contributed by atoms with Crippen LogP contribution in [0.4, 0.5) is 0 Å². The summed E-state index contributed by atoms with van der Waals surface area (Å²) >= 11 is 0. The van der Waals surface area contributed by atoms with Gasteiger partial charge < -0.3 is 37.9 Å². The first-order valence-electron chi connectivity index (χ1n) is 12.8. The van der Waals surface area contributed by atoms with Gasteiger partial charge in [-0.1, -0.05) is 39.0 Å². The zero-order chi connectivity index (χ0) is 34.3. The molecule has 0 heterocycles. The van der Waals surface area contributed by atoms with Gasteiger partial charge in [0.15, 0.2) is 0 Å². The van der Waals surface area contributed by atoms with Crippen molar-refractivity contribution < 1.29 is 71.5 Å². The maximum Gasteiger partial charge on any atom is 0.417 e. The molecule has 0 aliphatic rings. The minimum Gasteiger partial charge on any atom is -0.462 e. The normalized spacial score (nSPS) is 10.5. The van der Waals surface area contributed by atoms with Crippen molar-refractivity contribution in [2.45, 2.75) is 0 Å². The topological polar surface area (TPSA) is 193 Å². The van der Waals surface area contributed by atoms with Gasteiger partial charge in [-0.15, -0.1) is 6.58 Å². The van der Waals surface area contributed by atoms with Crippen LogP contribution in [0.3, 0.4) is 0 Å². The van der Waals surface area contributed by atoms with E-state index >= 15 is 0 Å². The maximum atomic E-state index is 12.7. The molecule has 0 aromatic carbocycles. The predicted octanol–water partition coefficient (Wildman–Crippen LogP) is 0.894. The van der Waals surface area contributed by atoms with Crippen molar-refractivity contribution >= 4 is 41.8 Å². The van der Waals surface area contributed by atoms with E-state index in [0.717, 1.165) is 30.4 Å². The summed E-state index contributed by atoms with van der Waals surface area (Å²) in [5, 5.41) is 0. The lowest BCUT2D eigenvalue weighted by molar-refractivity contribution is -0.181. The molecule has 0 fully saturated rings. The minimum absolute atomic E-state index is 0.00785. The lowest BCUT2D eigenvalue weighted by Gasteiger charge is -2.32. The van der Waals surface area contributed by atoms with Crippen LogP contribution >= 0.6 is 0 Å². The molecule has 0 aliphatic carbocycles. The molecule has 15 heteroatoms. The molecule has 0 aliphatic heterocycles. The third-order valence-electron chi connectivity index (χ3n) is 5.27. The largest absolute Gasteiger partial charge is 0.462 e. The molecular formula is C30H36O15. The fraction of sp³-hybridized carbons (Fsp3) is 0.367. The van der Waals surface area contributed by atoms with Gasteiger partial charge in [-0.2, -0.15) is 0 Å². The van der Waals surface area contributed by atoms with Crippen molar-refractivity contribution in [2.75, 3.05) is 59.5 Å². The van der Waals surface area contributed by atoms with Crippen LogP contribution in [0.5, 0.6) is 0 Å². The van der Waals surface area contributed by atoms with Crippen molar-refractivity contribution in [2.24, 2.45) is 10.8 Å². The molecule has 0 N–H and O–H groups in total. The summed E-state index contributed by atoms with van der Waals surface area (Å²) in [6, 6.07) is 0. The molecule has 0 atom stereocenters. The second-order valence-corrected chi connectivity index (χ2v) is 9.02. The van der Waals surface area contributed by atoms with Gasteiger partial charge in [0.05, 0.1) is 18.6 Å². The number of carbonyl (C=O) groups excluding carboxylic acids is 7. The van der Waals surface area contributed by atoms with E-state index in [1.54, 1.807) is 0 Å². The maximum absolute atomic E-state index is 12.7. The van der Waals surface area contributed by atoms with Crippen molar-refractivity contribution in [1.82, 2.24) is 0 Å². The molecule has 0 bridgehead atoms. The van der Waals surface area contributed by atoms with E-state index in [9.17, 15) is 33.6 Å². The van der Waals surface area contributed by atoms with Gasteiger partial charge in [-0.25, -0.2) is 33.6 Å². The molecule has 0 saturated heterocycles. The van der Waals surface area contributed by atoms with E-state index < -0.39 is 98.9 Å². The van der Waals surface area contributed by atoms with E-state index in [1.165, 1.54) is 6.08 Å². The molecule has 0 saturated carbocycles. The highest BCUT2D eigenvalue weighted by Crippen LogP contribution is 2.23. The second kappa shape index (κ2) is 21.4. The lowest BCUT2D eigenvalue weighted by atomic mass is 9.92. The zero-order valence-corrected chi connectivity index (χ0v) is 24.7. The Morgan fingerprint density at radius 2 is 0.644 bits per heavy atom. The number of carbonyl (C=O) groups is 7. The quantitative estimate of drug-likeness (QED) is 0.0383. The van der Waals surface area contributed by atoms with E-state index in [4.69, 9.17) is 37.9 Å². The summed E-state index contributed by atoms with van der Waals surface area (Å²) in [5.41, 5.74) is -3.23.